The number of thiophene rings is 1. The molecule has 0 saturated carbocycles. The van der Waals surface area contributed by atoms with E-state index in [-0.39, 0.29) is 43.4 Å². The molecular weight excluding hydrogens is 518 g/mol. The van der Waals surface area contributed by atoms with Crippen molar-refractivity contribution in [3.8, 4) is 10.8 Å². The number of nitrogens with zero attached hydrogens (tertiary/aromatic N) is 3. The molecule has 198 valence electrons. The van der Waals surface area contributed by atoms with Crippen LogP contribution in [-0.2, 0) is 28.3 Å². The molecule has 0 radical (unpaired) electrons. The Labute approximate surface area is 220 Å². The maximum Gasteiger partial charge on any atom is 0.255 e. The quantitative estimate of drug-likeness (QED) is 0.477. The highest BCUT2D eigenvalue weighted by Crippen LogP contribution is 2.40. The van der Waals surface area contributed by atoms with E-state index in [1.54, 1.807) is 6.26 Å². The van der Waals surface area contributed by atoms with Gasteiger partial charge in [-0.15, -0.1) is 11.3 Å². The summed E-state index contributed by atoms with van der Waals surface area (Å²) < 4.78 is 36.6. The first-order chi connectivity index (χ1) is 18.2. The summed E-state index contributed by atoms with van der Waals surface area (Å²) in [6, 6.07) is 3.84. The van der Waals surface area contributed by atoms with Crippen molar-refractivity contribution >= 4 is 29.1 Å². The minimum atomic E-state index is -1.75. The zero-order valence-corrected chi connectivity index (χ0v) is 21.0. The average molecular weight is 543 g/mol. The molecule has 5 heterocycles. The van der Waals surface area contributed by atoms with Crippen LogP contribution >= 0.6 is 11.3 Å². The first-order valence-electron chi connectivity index (χ1n) is 12.3. The summed E-state index contributed by atoms with van der Waals surface area (Å²) in [6.07, 6.45) is 1.92. The number of aliphatic hydroxyl groups is 1. The Hall–Kier alpha value is -3.48. The zero-order valence-electron chi connectivity index (χ0n) is 20.2. The van der Waals surface area contributed by atoms with Crippen LogP contribution < -0.4 is 5.32 Å². The first-order valence-corrected chi connectivity index (χ1v) is 13.2. The minimum Gasteiger partial charge on any atom is -0.444 e. The average Bonchev–Trinajstić information content (AvgIpc) is 3.63. The SMILES string of the molecule is O=C1CCC(N2Cc3c(cc(F)c(C4(O)CCN(Cc5coc(-c6cccs6)n5)CC4)c3F)C2=O)C(=O)N1. The number of benzene rings is 1. The van der Waals surface area contributed by atoms with Crippen molar-refractivity contribution in [3.05, 3.63) is 63.9 Å². The van der Waals surface area contributed by atoms with E-state index in [9.17, 15) is 19.5 Å². The number of aromatic nitrogens is 1. The third-order valence-electron chi connectivity index (χ3n) is 7.54. The molecule has 9 nitrogen and oxygen atoms in total. The maximum atomic E-state index is 15.8. The lowest BCUT2D eigenvalue weighted by Crippen LogP contribution is -2.52. The summed E-state index contributed by atoms with van der Waals surface area (Å²) in [4.78, 5) is 45.3. The second-order valence-corrected chi connectivity index (χ2v) is 10.9. The molecule has 6 rings (SSSR count). The molecule has 3 amide bonds. The summed E-state index contributed by atoms with van der Waals surface area (Å²) in [5, 5.41) is 15.5. The number of carbonyl (C=O) groups is 3. The van der Waals surface area contributed by atoms with Gasteiger partial charge in [0.2, 0.25) is 17.7 Å². The summed E-state index contributed by atoms with van der Waals surface area (Å²) >= 11 is 1.52. The van der Waals surface area contributed by atoms with Crippen LogP contribution in [0.3, 0.4) is 0 Å². The van der Waals surface area contributed by atoms with Gasteiger partial charge in [-0.1, -0.05) is 6.07 Å². The lowest BCUT2D eigenvalue weighted by atomic mass is 9.82. The molecule has 2 saturated heterocycles. The summed E-state index contributed by atoms with van der Waals surface area (Å²) in [5.74, 6) is -3.16. The summed E-state index contributed by atoms with van der Waals surface area (Å²) in [5.41, 5.74) is -1.69. The number of halogens is 2. The number of fused-ring (bicyclic) bond motifs is 1. The number of amides is 3. The van der Waals surface area contributed by atoms with Crippen molar-refractivity contribution in [2.75, 3.05) is 13.1 Å². The highest BCUT2D eigenvalue weighted by atomic mass is 32.1. The van der Waals surface area contributed by atoms with Crippen molar-refractivity contribution in [1.29, 1.82) is 0 Å². The summed E-state index contributed by atoms with van der Waals surface area (Å²) in [6.45, 7) is 0.972. The molecular formula is C26H24F2N4O5S. The van der Waals surface area contributed by atoms with E-state index in [4.69, 9.17) is 4.42 Å². The van der Waals surface area contributed by atoms with E-state index in [1.807, 2.05) is 22.4 Å². The Balaban J connectivity index is 1.17. The van der Waals surface area contributed by atoms with Crippen molar-refractivity contribution in [1.82, 2.24) is 20.1 Å². The number of oxazole rings is 1. The van der Waals surface area contributed by atoms with Crippen LogP contribution in [0.5, 0.6) is 0 Å². The number of piperidine rings is 2. The molecule has 1 unspecified atom stereocenters. The first kappa shape index (κ1) is 24.8. The number of hydrogen-bond donors (Lipinski definition) is 2. The van der Waals surface area contributed by atoms with Gasteiger partial charge in [-0.3, -0.25) is 24.6 Å². The molecule has 12 heteroatoms. The largest absolute Gasteiger partial charge is 0.444 e. The molecule has 0 bridgehead atoms. The van der Waals surface area contributed by atoms with Gasteiger partial charge in [0.05, 0.1) is 33.8 Å². The molecule has 0 aliphatic carbocycles. The van der Waals surface area contributed by atoms with Gasteiger partial charge in [-0.2, -0.15) is 0 Å². The normalized spacial score (nSPS) is 21.6. The predicted molar refractivity (Wildman–Crippen MR) is 131 cm³/mol. The van der Waals surface area contributed by atoms with Gasteiger partial charge in [0.1, 0.15) is 23.9 Å². The van der Waals surface area contributed by atoms with Crippen LogP contribution in [0, 0.1) is 11.6 Å². The Morgan fingerprint density at radius 1 is 1.24 bits per heavy atom. The van der Waals surface area contributed by atoms with Gasteiger partial charge < -0.3 is 14.4 Å². The van der Waals surface area contributed by atoms with Gasteiger partial charge in [-0.25, -0.2) is 13.8 Å². The highest BCUT2D eigenvalue weighted by Gasteiger charge is 2.45. The third kappa shape index (κ3) is 4.22. The van der Waals surface area contributed by atoms with E-state index >= 15 is 8.78 Å². The fourth-order valence-electron chi connectivity index (χ4n) is 5.51. The van der Waals surface area contributed by atoms with Crippen molar-refractivity contribution in [2.24, 2.45) is 0 Å². The standard InChI is InChI=1S/C26H24F2N4O5S/c27-17-10-15-16(12-32(25(15)35)18-3-4-20(33)30-23(18)34)22(28)21(17)26(36)5-7-31(8-6-26)11-14-13-37-24(29-14)19-2-1-9-38-19/h1-2,9-10,13,18,36H,3-8,11-12H2,(H,30,33,34). The van der Waals surface area contributed by atoms with Gasteiger partial charge >= 0.3 is 0 Å². The molecule has 3 aliphatic heterocycles. The molecule has 38 heavy (non-hydrogen) atoms. The van der Waals surface area contributed by atoms with Gasteiger partial charge in [0.25, 0.3) is 5.91 Å². The smallest absolute Gasteiger partial charge is 0.255 e. The number of carbonyl (C=O) groups excluding carboxylic acids is 3. The van der Waals surface area contributed by atoms with Crippen molar-refractivity contribution < 1.29 is 32.7 Å². The number of rotatable bonds is 5. The molecule has 0 spiro atoms. The fraction of sp³-hybridized carbons (Fsp3) is 0.385. The predicted octanol–water partition coefficient (Wildman–Crippen LogP) is 2.93. The molecule has 2 aromatic heterocycles. The van der Waals surface area contributed by atoms with E-state index < -0.39 is 46.6 Å². The third-order valence-corrected chi connectivity index (χ3v) is 8.40. The van der Waals surface area contributed by atoms with Crippen molar-refractivity contribution in [2.45, 2.75) is 50.4 Å². The number of nitrogens with one attached hydrogen (secondary N) is 1. The number of hydrogen-bond acceptors (Lipinski definition) is 8. The second kappa shape index (κ2) is 9.37. The van der Waals surface area contributed by atoms with Gasteiger partial charge in [0.15, 0.2) is 0 Å². The maximum absolute atomic E-state index is 15.8. The van der Waals surface area contributed by atoms with Crippen LogP contribution in [-0.4, -0.2) is 56.7 Å². The number of imide groups is 1. The van der Waals surface area contributed by atoms with Crippen LogP contribution in [0.15, 0.2) is 34.3 Å². The van der Waals surface area contributed by atoms with E-state index in [1.165, 1.54) is 11.3 Å². The molecule has 2 fully saturated rings. The Kier molecular flexibility index (Phi) is 6.12. The lowest BCUT2D eigenvalue weighted by Gasteiger charge is -2.38. The van der Waals surface area contributed by atoms with E-state index in [0.717, 1.165) is 21.5 Å². The fourth-order valence-corrected chi connectivity index (χ4v) is 6.17. The van der Waals surface area contributed by atoms with Crippen LogP contribution in [0.25, 0.3) is 10.8 Å². The molecule has 3 aliphatic rings. The monoisotopic (exact) mass is 542 g/mol. The topological polar surface area (TPSA) is 116 Å². The van der Waals surface area contributed by atoms with Gasteiger partial charge in [0, 0.05) is 31.6 Å². The van der Waals surface area contributed by atoms with Crippen molar-refractivity contribution in [3.63, 3.8) is 0 Å². The van der Waals surface area contributed by atoms with Gasteiger partial charge in [-0.05, 0) is 36.8 Å². The molecule has 1 aromatic carbocycles. The zero-order chi connectivity index (χ0) is 26.6. The highest BCUT2D eigenvalue weighted by molar-refractivity contribution is 7.13. The lowest BCUT2D eigenvalue weighted by molar-refractivity contribution is -0.136. The Morgan fingerprint density at radius 3 is 2.74 bits per heavy atom. The Bertz CT molecular complexity index is 1430. The second-order valence-electron chi connectivity index (χ2n) is 9.90. The number of likely N-dealkylation sites (tertiary alicyclic amines) is 1. The summed E-state index contributed by atoms with van der Waals surface area (Å²) in [7, 11) is 0. The Morgan fingerprint density at radius 2 is 2.03 bits per heavy atom. The molecule has 3 aromatic rings. The van der Waals surface area contributed by atoms with E-state index in [2.05, 4.69) is 10.3 Å². The van der Waals surface area contributed by atoms with E-state index in [0.29, 0.717) is 25.5 Å². The molecule has 2 N–H and O–H groups in total. The van der Waals surface area contributed by atoms with Crippen LogP contribution in [0.2, 0.25) is 0 Å². The van der Waals surface area contributed by atoms with Crippen LogP contribution in [0.4, 0.5) is 8.78 Å². The minimum absolute atomic E-state index is 0.0457. The molecule has 1 atom stereocenters. The van der Waals surface area contributed by atoms with Crippen LogP contribution in [0.1, 0.15) is 52.9 Å².